The van der Waals surface area contributed by atoms with Crippen LogP contribution in [-0.2, 0) is 4.79 Å². The summed E-state index contributed by atoms with van der Waals surface area (Å²) in [7, 11) is 0. The highest BCUT2D eigenvalue weighted by Crippen LogP contribution is 2.17. The number of carbonyl (C=O) groups is 1. The number of anilines is 2. The first kappa shape index (κ1) is 15.5. The van der Waals surface area contributed by atoms with Crippen LogP contribution in [0.15, 0.2) is 12.1 Å². The molecule has 0 fully saturated rings. The number of halogens is 3. The zero-order chi connectivity index (χ0) is 15.3. The Labute approximate surface area is 111 Å². The molecule has 0 aliphatic heterocycles. The molecule has 110 valence electrons. The van der Waals surface area contributed by atoms with E-state index in [0.29, 0.717) is 11.5 Å². The van der Waals surface area contributed by atoms with Crippen LogP contribution in [0, 0.1) is 13.8 Å². The quantitative estimate of drug-likeness (QED) is 0.637. The van der Waals surface area contributed by atoms with Crippen LogP contribution in [0.2, 0.25) is 0 Å². The van der Waals surface area contributed by atoms with Gasteiger partial charge in [0.15, 0.2) is 5.82 Å². The molecular formula is C10H13F3N6O. The molecule has 0 spiro atoms. The van der Waals surface area contributed by atoms with Crippen LogP contribution in [0.3, 0.4) is 0 Å². The van der Waals surface area contributed by atoms with Crippen molar-refractivity contribution in [3.8, 4) is 0 Å². The highest BCUT2D eigenvalue weighted by atomic mass is 19.4. The number of alkyl halides is 3. The van der Waals surface area contributed by atoms with Gasteiger partial charge in [0.05, 0.1) is 0 Å². The second-order valence-corrected chi connectivity index (χ2v) is 3.86. The maximum atomic E-state index is 11.7. The van der Waals surface area contributed by atoms with Gasteiger partial charge in [-0.15, -0.1) is 0 Å². The summed E-state index contributed by atoms with van der Waals surface area (Å²) in [5.41, 5.74) is 6.80. The number of hydrogen-bond acceptors (Lipinski definition) is 4. The minimum atomic E-state index is -4.88. The number of hydrogen-bond donors (Lipinski definition) is 4. The summed E-state index contributed by atoms with van der Waals surface area (Å²) in [6.07, 6.45) is -4.88. The minimum absolute atomic E-state index is 0.139. The Morgan fingerprint density at radius 3 is 2.05 bits per heavy atom. The van der Waals surface area contributed by atoms with Gasteiger partial charge < -0.3 is 11.1 Å². The van der Waals surface area contributed by atoms with Crippen molar-refractivity contribution in [1.82, 2.24) is 20.4 Å². The van der Waals surface area contributed by atoms with E-state index in [4.69, 9.17) is 5.73 Å². The fourth-order valence-corrected chi connectivity index (χ4v) is 1.11. The van der Waals surface area contributed by atoms with Crippen LogP contribution >= 0.6 is 0 Å². The normalized spacial score (nSPS) is 10.7. The fourth-order valence-electron chi connectivity index (χ4n) is 1.11. The summed E-state index contributed by atoms with van der Waals surface area (Å²) in [6, 6.07) is 3.07. The fraction of sp³-hybridized carbons (Fsp3) is 0.300. The average molecular weight is 290 g/mol. The van der Waals surface area contributed by atoms with Crippen molar-refractivity contribution in [2.45, 2.75) is 20.0 Å². The molecule has 2 heterocycles. The van der Waals surface area contributed by atoms with Crippen molar-refractivity contribution in [3.63, 3.8) is 0 Å². The third kappa shape index (κ3) is 5.00. The van der Waals surface area contributed by atoms with Crippen molar-refractivity contribution >= 4 is 17.5 Å². The molecule has 0 radical (unpaired) electrons. The van der Waals surface area contributed by atoms with Crippen LogP contribution in [-0.4, -0.2) is 32.5 Å². The molecule has 2 rings (SSSR count). The van der Waals surface area contributed by atoms with E-state index >= 15 is 0 Å². The van der Waals surface area contributed by atoms with Crippen molar-refractivity contribution in [3.05, 3.63) is 23.5 Å². The third-order valence-electron chi connectivity index (χ3n) is 1.93. The predicted molar refractivity (Wildman–Crippen MR) is 65.7 cm³/mol. The van der Waals surface area contributed by atoms with Gasteiger partial charge in [-0.1, -0.05) is 0 Å². The SMILES string of the molecule is Cc1cc(N)n[nH]1.Cc1cc(NC(=O)C(F)(F)F)n[nH]1. The lowest BCUT2D eigenvalue weighted by Crippen LogP contribution is -2.30. The first-order valence-electron chi connectivity index (χ1n) is 5.36. The average Bonchev–Trinajstić information content (AvgIpc) is 2.87. The molecule has 1 amide bonds. The molecule has 0 aliphatic rings. The van der Waals surface area contributed by atoms with E-state index in [1.807, 2.05) is 6.92 Å². The van der Waals surface area contributed by atoms with Crippen LogP contribution in [0.1, 0.15) is 11.4 Å². The summed E-state index contributed by atoms with van der Waals surface area (Å²) in [5, 5.41) is 13.8. The number of nitrogens with two attached hydrogens (primary N) is 1. The zero-order valence-corrected chi connectivity index (χ0v) is 10.7. The second kappa shape index (κ2) is 6.08. The summed E-state index contributed by atoms with van der Waals surface area (Å²) in [6.45, 7) is 3.51. The van der Waals surface area contributed by atoms with E-state index in [2.05, 4.69) is 20.4 Å². The molecule has 0 saturated heterocycles. The Bertz CT molecular complexity index is 557. The van der Waals surface area contributed by atoms with Crippen molar-refractivity contribution in [2.75, 3.05) is 11.1 Å². The number of nitrogen functional groups attached to an aromatic ring is 1. The molecule has 0 bridgehead atoms. The molecule has 20 heavy (non-hydrogen) atoms. The number of aromatic amines is 2. The molecule has 10 heteroatoms. The van der Waals surface area contributed by atoms with Crippen LogP contribution in [0.5, 0.6) is 0 Å². The Hall–Kier alpha value is -2.52. The number of nitrogens with zero attached hydrogens (tertiary/aromatic N) is 2. The molecule has 5 N–H and O–H groups in total. The molecule has 0 aromatic carbocycles. The smallest absolute Gasteiger partial charge is 0.382 e. The van der Waals surface area contributed by atoms with E-state index in [-0.39, 0.29) is 5.82 Å². The van der Waals surface area contributed by atoms with Gasteiger partial charge in [-0.3, -0.25) is 15.0 Å². The molecule has 2 aromatic rings. The molecule has 0 aliphatic carbocycles. The van der Waals surface area contributed by atoms with Crippen molar-refractivity contribution in [2.24, 2.45) is 0 Å². The highest BCUT2D eigenvalue weighted by molar-refractivity contribution is 5.94. The Kier molecular flexibility index (Phi) is 4.73. The molecular weight excluding hydrogens is 277 g/mol. The molecule has 0 saturated carbocycles. The van der Waals surface area contributed by atoms with Gasteiger partial charge in [-0.05, 0) is 13.8 Å². The van der Waals surface area contributed by atoms with Crippen LogP contribution in [0.25, 0.3) is 0 Å². The molecule has 7 nitrogen and oxygen atoms in total. The summed E-state index contributed by atoms with van der Waals surface area (Å²) in [5.74, 6) is -1.61. The van der Waals surface area contributed by atoms with E-state index in [1.54, 1.807) is 18.3 Å². The number of aryl methyl sites for hydroxylation is 2. The van der Waals surface area contributed by atoms with Crippen molar-refractivity contribution < 1.29 is 18.0 Å². The number of amides is 1. The first-order valence-corrected chi connectivity index (χ1v) is 5.36. The number of nitrogens with one attached hydrogen (secondary N) is 3. The zero-order valence-electron chi connectivity index (χ0n) is 10.7. The molecule has 2 aromatic heterocycles. The topological polar surface area (TPSA) is 112 Å². The molecule has 0 atom stereocenters. The number of rotatable bonds is 1. The van der Waals surface area contributed by atoms with Gasteiger partial charge in [0, 0.05) is 23.5 Å². The standard InChI is InChI=1S/C6H6F3N3O.C4H7N3/c1-3-2-4(12-11-3)10-5(13)6(7,8)9;1-3-2-4(5)7-6-3/h2H,1H3,(H2,10,11,12,13);2H,1H3,(H3,5,6,7). The lowest BCUT2D eigenvalue weighted by Gasteiger charge is -2.03. The van der Waals surface area contributed by atoms with Gasteiger partial charge in [-0.2, -0.15) is 23.4 Å². The Morgan fingerprint density at radius 2 is 1.75 bits per heavy atom. The minimum Gasteiger partial charge on any atom is -0.382 e. The predicted octanol–water partition coefficient (Wildman–Crippen LogP) is 1.52. The van der Waals surface area contributed by atoms with Crippen molar-refractivity contribution in [1.29, 1.82) is 0 Å². The third-order valence-corrected chi connectivity index (χ3v) is 1.93. The lowest BCUT2D eigenvalue weighted by molar-refractivity contribution is -0.167. The van der Waals surface area contributed by atoms with Crippen LogP contribution in [0.4, 0.5) is 24.8 Å². The first-order chi connectivity index (χ1) is 9.18. The maximum Gasteiger partial charge on any atom is 0.471 e. The largest absolute Gasteiger partial charge is 0.471 e. The van der Waals surface area contributed by atoms with Gasteiger partial charge in [-0.25, -0.2) is 0 Å². The van der Waals surface area contributed by atoms with Gasteiger partial charge in [0.1, 0.15) is 5.82 Å². The Balaban J connectivity index is 0.000000240. The number of H-pyrrole nitrogens is 2. The number of aromatic nitrogens is 4. The van der Waals surface area contributed by atoms with Gasteiger partial charge in [0.2, 0.25) is 0 Å². The second-order valence-electron chi connectivity index (χ2n) is 3.86. The van der Waals surface area contributed by atoms with E-state index in [1.165, 1.54) is 6.07 Å². The monoisotopic (exact) mass is 290 g/mol. The van der Waals surface area contributed by atoms with E-state index in [0.717, 1.165) is 5.69 Å². The van der Waals surface area contributed by atoms with Gasteiger partial charge >= 0.3 is 12.1 Å². The lowest BCUT2D eigenvalue weighted by atomic mass is 10.4. The highest BCUT2D eigenvalue weighted by Gasteiger charge is 2.38. The van der Waals surface area contributed by atoms with Gasteiger partial charge in [0.25, 0.3) is 0 Å². The summed E-state index contributed by atoms with van der Waals surface area (Å²) >= 11 is 0. The maximum absolute atomic E-state index is 11.7. The summed E-state index contributed by atoms with van der Waals surface area (Å²) < 4.78 is 35.1. The number of carbonyl (C=O) groups excluding carboxylic acids is 1. The summed E-state index contributed by atoms with van der Waals surface area (Å²) in [4.78, 5) is 10.4. The Morgan fingerprint density at radius 1 is 1.20 bits per heavy atom. The van der Waals surface area contributed by atoms with E-state index < -0.39 is 12.1 Å². The molecule has 0 unspecified atom stereocenters. The van der Waals surface area contributed by atoms with Crippen LogP contribution < -0.4 is 11.1 Å². The van der Waals surface area contributed by atoms with E-state index in [9.17, 15) is 18.0 Å².